The number of fused-ring (bicyclic) bond motifs is 1. The third-order valence-corrected chi connectivity index (χ3v) is 6.01. The lowest BCUT2D eigenvalue weighted by Gasteiger charge is -1.99. The summed E-state index contributed by atoms with van der Waals surface area (Å²) in [4.78, 5) is 19.8. The van der Waals surface area contributed by atoms with Crippen LogP contribution in [-0.2, 0) is 4.79 Å². The van der Waals surface area contributed by atoms with Gasteiger partial charge in [0, 0.05) is 28.0 Å². The molecule has 0 unspecified atom stereocenters. The van der Waals surface area contributed by atoms with E-state index in [9.17, 15) is 4.79 Å². The van der Waals surface area contributed by atoms with E-state index >= 15 is 0 Å². The molecular formula is C15H12N6OS3. The molecule has 1 aromatic carbocycles. The van der Waals surface area contributed by atoms with Gasteiger partial charge < -0.3 is 16.0 Å². The van der Waals surface area contributed by atoms with Crippen molar-refractivity contribution < 1.29 is 4.79 Å². The van der Waals surface area contributed by atoms with E-state index in [-0.39, 0.29) is 11.7 Å². The number of hydrogen-bond acceptors (Lipinski definition) is 8. The SMILES string of the molecule is Nc1nnc(SCC(=O)Nc2nc(-c3c[nH]c4ccccc34)cs2)s1. The number of nitrogens with zero attached hydrogens (tertiary/aromatic N) is 3. The lowest BCUT2D eigenvalue weighted by molar-refractivity contribution is -0.113. The maximum absolute atomic E-state index is 12.1. The van der Waals surface area contributed by atoms with Gasteiger partial charge in [0.05, 0.1) is 11.4 Å². The maximum atomic E-state index is 12.1. The highest BCUT2D eigenvalue weighted by molar-refractivity contribution is 8.01. The van der Waals surface area contributed by atoms with Crippen molar-refractivity contribution in [1.82, 2.24) is 20.2 Å². The zero-order valence-corrected chi connectivity index (χ0v) is 15.2. The molecule has 0 aliphatic heterocycles. The molecule has 0 atom stereocenters. The van der Waals surface area contributed by atoms with Crippen LogP contribution in [0, 0.1) is 0 Å². The first-order chi connectivity index (χ1) is 12.2. The molecule has 0 saturated heterocycles. The summed E-state index contributed by atoms with van der Waals surface area (Å²) in [7, 11) is 0. The fourth-order valence-corrected chi connectivity index (χ4v) is 4.46. The average molecular weight is 389 g/mol. The standard InChI is InChI=1S/C15H12N6OS3/c16-13-20-21-15(25-13)24-7-12(22)19-14-18-11(6-23-14)9-5-17-10-4-2-1-3-8(9)10/h1-6,17H,7H2,(H2,16,20)(H,18,19,22). The number of carbonyl (C=O) groups excluding carboxylic acids is 1. The largest absolute Gasteiger partial charge is 0.374 e. The van der Waals surface area contributed by atoms with Crippen LogP contribution < -0.4 is 11.1 Å². The van der Waals surface area contributed by atoms with Gasteiger partial charge in [0.2, 0.25) is 11.0 Å². The summed E-state index contributed by atoms with van der Waals surface area (Å²) < 4.78 is 0.672. The van der Waals surface area contributed by atoms with Crippen molar-refractivity contribution in [2.45, 2.75) is 4.34 Å². The third-order valence-electron chi connectivity index (χ3n) is 3.36. The summed E-state index contributed by atoms with van der Waals surface area (Å²) in [6.07, 6.45) is 1.93. The first-order valence-corrected chi connectivity index (χ1v) is 9.91. The predicted octanol–water partition coefficient (Wildman–Crippen LogP) is 3.46. The van der Waals surface area contributed by atoms with Gasteiger partial charge in [-0.3, -0.25) is 4.79 Å². The minimum atomic E-state index is -0.140. The Balaban J connectivity index is 1.43. The molecule has 0 radical (unpaired) electrons. The van der Waals surface area contributed by atoms with Gasteiger partial charge >= 0.3 is 0 Å². The van der Waals surface area contributed by atoms with E-state index in [2.05, 4.69) is 25.5 Å². The molecule has 3 heterocycles. The van der Waals surface area contributed by atoms with Crippen molar-refractivity contribution in [3.05, 3.63) is 35.8 Å². The zero-order valence-electron chi connectivity index (χ0n) is 12.7. The normalized spacial score (nSPS) is 11.0. The number of aromatic nitrogens is 4. The number of hydrogen-bond donors (Lipinski definition) is 3. The summed E-state index contributed by atoms with van der Waals surface area (Å²) in [5, 5.41) is 14.4. The summed E-state index contributed by atoms with van der Waals surface area (Å²) in [6.45, 7) is 0. The molecule has 0 fully saturated rings. The van der Waals surface area contributed by atoms with Gasteiger partial charge in [0.25, 0.3) is 0 Å². The molecule has 25 heavy (non-hydrogen) atoms. The van der Waals surface area contributed by atoms with Crippen LogP contribution in [-0.4, -0.2) is 31.8 Å². The van der Waals surface area contributed by atoms with E-state index in [1.807, 2.05) is 35.8 Å². The summed E-state index contributed by atoms with van der Waals surface area (Å²) >= 11 is 3.96. The van der Waals surface area contributed by atoms with E-state index in [0.29, 0.717) is 14.6 Å². The maximum Gasteiger partial charge on any atom is 0.236 e. The zero-order chi connectivity index (χ0) is 17.2. The Morgan fingerprint density at radius 3 is 3.04 bits per heavy atom. The summed E-state index contributed by atoms with van der Waals surface area (Å²) in [6, 6.07) is 8.04. The van der Waals surface area contributed by atoms with Gasteiger partial charge in [-0.25, -0.2) is 4.98 Å². The van der Waals surface area contributed by atoms with Crippen molar-refractivity contribution in [3.8, 4) is 11.3 Å². The van der Waals surface area contributed by atoms with Crippen LogP contribution in [0.25, 0.3) is 22.2 Å². The Kier molecular flexibility index (Phi) is 4.38. The minimum Gasteiger partial charge on any atom is -0.374 e. The van der Waals surface area contributed by atoms with Crippen LogP contribution in [0.4, 0.5) is 10.3 Å². The fraction of sp³-hybridized carbons (Fsp3) is 0.0667. The van der Waals surface area contributed by atoms with E-state index in [4.69, 9.17) is 5.73 Å². The number of amides is 1. The van der Waals surface area contributed by atoms with Crippen LogP contribution in [0.3, 0.4) is 0 Å². The predicted molar refractivity (Wildman–Crippen MR) is 103 cm³/mol. The molecule has 4 rings (SSSR count). The second-order valence-corrected chi connectivity index (χ2v) is 8.12. The number of nitrogen functional groups attached to an aromatic ring is 1. The van der Waals surface area contributed by atoms with E-state index < -0.39 is 0 Å². The molecule has 10 heteroatoms. The third kappa shape index (κ3) is 3.50. The molecule has 4 N–H and O–H groups in total. The minimum absolute atomic E-state index is 0.140. The first-order valence-electron chi connectivity index (χ1n) is 7.23. The Hall–Kier alpha value is -2.43. The molecule has 0 saturated carbocycles. The van der Waals surface area contributed by atoms with E-state index in [1.165, 1.54) is 34.4 Å². The molecule has 126 valence electrons. The molecule has 3 aromatic heterocycles. The Labute approximate surface area is 154 Å². The topological polar surface area (TPSA) is 110 Å². The fourth-order valence-electron chi connectivity index (χ4n) is 2.30. The van der Waals surface area contributed by atoms with Gasteiger partial charge in [-0.2, -0.15) is 0 Å². The lowest BCUT2D eigenvalue weighted by Crippen LogP contribution is -2.13. The number of anilines is 2. The molecule has 0 bridgehead atoms. The number of thiazole rings is 1. The summed E-state index contributed by atoms with van der Waals surface area (Å²) in [5.74, 6) is 0.0926. The monoisotopic (exact) mass is 388 g/mol. The van der Waals surface area contributed by atoms with Gasteiger partial charge in [0.15, 0.2) is 9.47 Å². The van der Waals surface area contributed by atoms with Crippen molar-refractivity contribution in [2.75, 3.05) is 16.8 Å². The van der Waals surface area contributed by atoms with Gasteiger partial charge in [0.1, 0.15) is 0 Å². The quantitative estimate of drug-likeness (QED) is 0.452. The van der Waals surface area contributed by atoms with Crippen LogP contribution in [0.15, 0.2) is 40.2 Å². The Bertz CT molecular complexity index is 1040. The van der Waals surface area contributed by atoms with Crippen molar-refractivity contribution >= 4 is 61.5 Å². The first kappa shape index (κ1) is 16.1. The number of nitrogens with two attached hydrogens (primary N) is 1. The second kappa shape index (κ2) is 6.82. The van der Waals surface area contributed by atoms with Gasteiger partial charge in [-0.1, -0.05) is 41.3 Å². The number of nitrogens with one attached hydrogen (secondary N) is 2. The highest BCUT2D eigenvalue weighted by Gasteiger charge is 2.12. The van der Waals surface area contributed by atoms with Crippen LogP contribution in [0.1, 0.15) is 0 Å². The average Bonchev–Trinajstić information content (AvgIpc) is 3.32. The smallest absolute Gasteiger partial charge is 0.236 e. The molecular weight excluding hydrogens is 376 g/mol. The highest BCUT2D eigenvalue weighted by Crippen LogP contribution is 2.31. The van der Waals surface area contributed by atoms with Crippen molar-refractivity contribution in [1.29, 1.82) is 0 Å². The van der Waals surface area contributed by atoms with E-state index in [1.54, 1.807) is 0 Å². The number of carbonyl (C=O) groups is 1. The van der Waals surface area contributed by atoms with Crippen LogP contribution in [0.2, 0.25) is 0 Å². The number of rotatable bonds is 5. The number of para-hydroxylation sites is 1. The number of thioether (sulfide) groups is 1. The molecule has 0 spiro atoms. The van der Waals surface area contributed by atoms with Gasteiger partial charge in [-0.15, -0.1) is 21.5 Å². The molecule has 0 aliphatic carbocycles. The Morgan fingerprint density at radius 2 is 2.20 bits per heavy atom. The number of aromatic amines is 1. The van der Waals surface area contributed by atoms with Crippen LogP contribution >= 0.6 is 34.4 Å². The summed E-state index contributed by atoms with van der Waals surface area (Å²) in [5.41, 5.74) is 8.43. The van der Waals surface area contributed by atoms with Crippen molar-refractivity contribution in [3.63, 3.8) is 0 Å². The Morgan fingerprint density at radius 1 is 1.32 bits per heavy atom. The number of benzene rings is 1. The number of H-pyrrole nitrogens is 1. The second-order valence-electron chi connectivity index (χ2n) is 5.03. The van der Waals surface area contributed by atoms with Crippen molar-refractivity contribution in [2.24, 2.45) is 0 Å². The van der Waals surface area contributed by atoms with E-state index in [0.717, 1.165) is 22.2 Å². The molecule has 0 aliphatic rings. The highest BCUT2D eigenvalue weighted by atomic mass is 32.2. The molecule has 4 aromatic rings. The lowest BCUT2D eigenvalue weighted by atomic mass is 10.1. The van der Waals surface area contributed by atoms with Crippen LogP contribution in [0.5, 0.6) is 0 Å². The molecule has 7 nitrogen and oxygen atoms in total. The van der Waals surface area contributed by atoms with Gasteiger partial charge in [-0.05, 0) is 6.07 Å². The molecule has 1 amide bonds.